The Bertz CT molecular complexity index is 1150. The Balaban J connectivity index is 1.93. The molecule has 8 nitrogen and oxygen atoms in total. The number of thiocarbonyl (C=S) groups is 1. The second kappa shape index (κ2) is 9.41. The van der Waals surface area contributed by atoms with Crippen LogP contribution in [-0.4, -0.2) is 36.6 Å². The van der Waals surface area contributed by atoms with Crippen LogP contribution in [0.5, 0.6) is 11.5 Å². The average molecular weight is 468 g/mol. The van der Waals surface area contributed by atoms with E-state index in [9.17, 15) is 19.5 Å². The van der Waals surface area contributed by atoms with E-state index in [4.69, 9.17) is 21.7 Å². The van der Waals surface area contributed by atoms with Gasteiger partial charge in [0.2, 0.25) is 0 Å². The number of rotatable bonds is 6. The molecule has 1 N–H and O–H groups in total. The zero-order chi connectivity index (χ0) is 24.3. The third-order valence-electron chi connectivity index (χ3n) is 4.94. The number of nitrogens with one attached hydrogen (secondary N) is 1. The summed E-state index contributed by atoms with van der Waals surface area (Å²) >= 11 is 5.25. The lowest BCUT2D eigenvalue weighted by Gasteiger charge is -2.29. The fourth-order valence-electron chi connectivity index (χ4n) is 3.20. The van der Waals surface area contributed by atoms with Crippen molar-refractivity contribution in [3.05, 3.63) is 59.2 Å². The highest BCUT2D eigenvalue weighted by Gasteiger charge is 2.34. The lowest BCUT2D eigenvalue weighted by atomic mass is 9.87. The van der Waals surface area contributed by atoms with Crippen LogP contribution >= 0.6 is 12.2 Å². The normalized spacial score (nSPS) is 15.5. The summed E-state index contributed by atoms with van der Waals surface area (Å²) in [6, 6.07) is 12.0. The van der Waals surface area contributed by atoms with Gasteiger partial charge < -0.3 is 19.4 Å². The van der Waals surface area contributed by atoms with Crippen molar-refractivity contribution < 1.29 is 29.0 Å². The number of carbonyl (C=O) groups excluding carboxylic acids is 3. The zero-order valence-corrected chi connectivity index (χ0v) is 19.4. The van der Waals surface area contributed by atoms with E-state index >= 15 is 0 Å². The van der Waals surface area contributed by atoms with E-state index in [1.54, 1.807) is 18.2 Å². The minimum absolute atomic E-state index is 0.00531. The number of carboxylic acids is 1. The van der Waals surface area contributed by atoms with Crippen LogP contribution in [0.2, 0.25) is 0 Å². The maximum absolute atomic E-state index is 13.2. The fourth-order valence-corrected chi connectivity index (χ4v) is 3.48. The molecule has 0 aliphatic carbocycles. The summed E-state index contributed by atoms with van der Waals surface area (Å²) in [6.07, 6.45) is 1.40. The largest absolute Gasteiger partial charge is 0.546 e. The molecule has 1 aliphatic rings. The average Bonchev–Trinajstić information content (AvgIpc) is 2.75. The number of aliphatic carboxylic acids is 1. The van der Waals surface area contributed by atoms with Gasteiger partial charge in [-0.3, -0.25) is 19.8 Å². The van der Waals surface area contributed by atoms with Crippen molar-refractivity contribution in [2.45, 2.75) is 26.2 Å². The van der Waals surface area contributed by atoms with E-state index in [0.717, 1.165) is 5.56 Å². The molecule has 9 heteroatoms. The van der Waals surface area contributed by atoms with E-state index in [2.05, 4.69) is 26.1 Å². The summed E-state index contributed by atoms with van der Waals surface area (Å²) in [6.45, 7) is 5.62. The highest BCUT2D eigenvalue weighted by Crippen LogP contribution is 2.30. The number of amides is 2. The first kappa shape index (κ1) is 23.9. The molecule has 2 amide bonds. The summed E-state index contributed by atoms with van der Waals surface area (Å²) in [5.74, 6) is -2.14. The number of hydrogen-bond acceptors (Lipinski definition) is 7. The van der Waals surface area contributed by atoms with Gasteiger partial charge in [-0.05, 0) is 59.1 Å². The van der Waals surface area contributed by atoms with E-state index in [1.807, 2.05) is 12.1 Å². The molecule has 33 heavy (non-hydrogen) atoms. The van der Waals surface area contributed by atoms with Gasteiger partial charge in [-0.25, -0.2) is 0 Å². The summed E-state index contributed by atoms with van der Waals surface area (Å²) in [5.41, 5.74) is 1.93. The Labute approximate surface area is 196 Å². The predicted molar refractivity (Wildman–Crippen MR) is 125 cm³/mol. The molecule has 1 fully saturated rings. The number of carboxylic acid groups (broad SMARTS) is 1. The van der Waals surface area contributed by atoms with Crippen molar-refractivity contribution in [1.82, 2.24) is 5.32 Å². The SMILES string of the molecule is COc1cc(/C=C2/C(=O)NC(=S)N(c3ccc(C(C)(C)C)cc3)C2=O)ccc1OCC(=O)[O-]. The number of nitrogens with zero attached hydrogens (tertiary/aromatic N) is 1. The first-order chi connectivity index (χ1) is 15.5. The molecule has 0 atom stereocenters. The van der Waals surface area contributed by atoms with Gasteiger partial charge in [-0.15, -0.1) is 0 Å². The third kappa shape index (κ3) is 5.38. The molecule has 2 aromatic carbocycles. The lowest BCUT2D eigenvalue weighted by molar-refractivity contribution is -0.307. The molecule has 3 rings (SSSR count). The maximum atomic E-state index is 13.2. The number of ether oxygens (including phenoxy) is 2. The molecule has 0 radical (unpaired) electrons. The van der Waals surface area contributed by atoms with Crippen molar-refractivity contribution in [3.63, 3.8) is 0 Å². The van der Waals surface area contributed by atoms with Gasteiger partial charge in [-0.2, -0.15) is 0 Å². The van der Waals surface area contributed by atoms with Crippen LogP contribution < -0.4 is 24.8 Å². The molecule has 1 aliphatic heterocycles. The second-order valence-electron chi connectivity index (χ2n) is 8.33. The molecule has 0 unspecified atom stereocenters. The van der Waals surface area contributed by atoms with E-state index < -0.39 is 24.4 Å². The minimum Gasteiger partial charge on any atom is -0.546 e. The Kier molecular flexibility index (Phi) is 6.83. The highest BCUT2D eigenvalue weighted by atomic mass is 32.1. The van der Waals surface area contributed by atoms with Crippen molar-refractivity contribution in [3.8, 4) is 11.5 Å². The van der Waals surface area contributed by atoms with Crippen LogP contribution in [-0.2, 0) is 19.8 Å². The smallest absolute Gasteiger partial charge is 0.270 e. The third-order valence-corrected chi connectivity index (χ3v) is 5.22. The Morgan fingerprint density at radius 1 is 1.12 bits per heavy atom. The molecule has 0 saturated carbocycles. The molecule has 1 saturated heterocycles. The standard InChI is InChI=1S/C24H24N2O6S/c1-24(2,3)15-6-8-16(9-7-15)26-22(30)17(21(29)25-23(26)33)11-14-5-10-18(19(12-14)31-4)32-13-20(27)28/h5-12H,13H2,1-4H3,(H,27,28)(H,25,29,33)/p-1/b17-11-. The second-order valence-corrected chi connectivity index (χ2v) is 8.71. The van der Waals surface area contributed by atoms with Crippen LogP contribution in [0, 0.1) is 0 Å². The van der Waals surface area contributed by atoms with Crippen molar-refractivity contribution in [2.24, 2.45) is 0 Å². The van der Waals surface area contributed by atoms with Gasteiger partial charge in [0.25, 0.3) is 11.8 Å². The molecule has 172 valence electrons. The Morgan fingerprint density at radius 3 is 2.36 bits per heavy atom. The van der Waals surface area contributed by atoms with Gasteiger partial charge in [0.1, 0.15) is 12.2 Å². The molecule has 0 bridgehead atoms. The van der Waals surface area contributed by atoms with Crippen molar-refractivity contribution in [1.29, 1.82) is 0 Å². The Morgan fingerprint density at radius 2 is 1.79 bits per heavy atom. The summed E-state index contributed by atoms with van der Waals surface area (Å²) in [4.78, 5) is 37.7. The maximum Gasteiger partial charge on any atom is 0.270 e. The minimum atomic E-state index is -1.38. The monoisotopic (exact) mass is 467 g/mol. The molecule has 1 heterocycles. The fraction of sp³-hybridized carbons (Fsp3) is 0.250. The first-order valence-corrected chi connectivity index (χ1v) is 10.4. The number of methoxy groups -OCH3 is 1. The molecule has 0 aromatic heterocycles. The molecular weight excluding hydrogens is 444 g/mol. The van der Waals surface area contributed by atoms with E-state index in [1.165, 1.54) is 30.2 Å². The topological polar surface area (TPSA) is 108 Å². The van der Waals surface area contributed by atoms with Gasteiger partial charge >= 0.3 is 0 Å². The Hall–Kier alpha value is -3.72. The summed E-state index contributed by atoms with van der Waals surface area (Å²) in [7, 11) is 1.39. The van der Waals surface area contributed by atoms with Crippen LogP contribution in [0.4, 0.5) is 5.69 Å². The van der Waals surface area contributed by atoms with Crippen molar-refractivity contribution in [2.75, 3.05) is 18.6 Å². The van der Waals surface area contributed by atoms with Crippen LogP contribution in [0.3, 0.4) is 0 Å². The van der Waals surface area contributed by atoms with Gasteiger partial charge in [0.15, 0.2) is 16.6 Å². The lowest BCUT2D eigenvalue weighted by Crippen LogP contribution is -2.54. The molecule has 0 spiro atoms. The first-order valence-electron chi connectivity index (χ1n) is 10.0. The number of hydrogen-bond donors (Lipinski definition) is 1. The summed E-state index contributed by atoms with van der Waals surface area (Å²) < 4.78 is 10.3. The molecular formula is C24H23N2O6S-. The van der Waals surface area contributed by atoms with Crippen LogP contribution in [0.15, 0.2) is 48.0 Å². The quantitative estimate of drug-likeness (QED) is 0.393. The summed E-state index contributed by atoms with van der Waals surface area (Å²) in [5, 5.41) is 13.2. The van der Waals surface area contributed by atoms with Gasteiger partial charge in [0.05, 0.1) is 18.8 Å². The molecule has 2 aromatic rings. The highest BCUT2D eigenvalue weighted by molar-refractivity contribution is 7.80. The van der Waals surface area contributed by atoms with Gasteiger partial charge in [0, 0.05) is 0 Å². The number of anilines is 1. The van der Waals surface area contributed by atoms with E-state index in [0.29, 0.717) is 11.3 Å². The zero-order valence-electron chi connectivity index (χ0n) is 18.6. The van der Waals surface area contributed by atoms with Crippen LogP contribution in [0.25, 0.3) is 6.08 Å². The number of carbonyl (C=O) groups is 3. The number of benzene rings is 2. The van der Waals surface area contributed by atoms with E-state index in [-0.39, 0.29) is 27.6 Å². The van der Waals surface area contributed by atoms with Gasteiger partial charge in [-0.1, -0.05) is 39.0 Å². The van der Waals surface area contributed by atoms with Crippen LogP contribution in [0.1, 0.15) is 31.9 Å². The predicted octanol–water partition coefficient (Wildman–Crippen LogP) is 1.95. The van der Waals surface area contributed by atoms with Crippen molar-refractivity contribution >= 4 is 46.9 Å².